The number of nitrogens with two attached hydrogens (primary N) is 1. The van der Waals surface area contributed by atoms with E-state index in [-0.39, 0.29) is 12.0 Å². The third-order valence-corrected chi connectivity index (χ3v) is 3.84. The Morgan fingerprint density at radius 1 is 1.50 bits per heavy atom. The quantitative estimate of drug-likeness (QED) is 0.660. The lowest BCUT2D eigenvalue weighted by Crippen LogP contribution is -2.61. The standard InChI is InChI=1S/C13H24N2O3/c1-2-6-15-13(12(14)16,10-3-4-10)9-18-11-5-7-17-8-11/h10-11,15H,2-9H2,1H3,(H2,14,16). The molecule has 2 fully saturated rings. The van der Waals surface area contributed by atoms with Crippen LogP contribution in [0.4, 0.5) is 0 Å². The van der Waals surface area contributed by atoms with Crippen LogP contribution in [0, 0.1) is 5.92 Å². The van der Waals surface area contributed by atoms with E-state index < -0.39 is 5.54 Å². The lowest BCUT2D eigenvalue weighted by Gasteiger charge is -2.32. The van der Waals surface area contributed by atoms with E-state index in [2.05, 4.69) is 12.2 Å². The van der Waals surface area contributed by atoms with Crippen LogP contribution in [0.5, 0.6) is 0 Å². The average Bonchev–Trinajstić information content (AvgIpc) is 3.07. The van der Waals surface area contributed by atoms with Gasteiger partial charge < -0.3 is 20.5 Å². The topological polar surface area (TPSA) is 73.6 Å². The molecule has 1 saturated carbocycles. The third kappa shape index (κ3) is 3.02. The molecule has 2 rings (SSSR count). The van der Waals surface area contributed by atoms with Gasteiger partial charge in [0.05, 0.1) is 19.3 Å². The van der Waals surface area contributed by atoms with Crippen molar-refractivity contribution < 1.29 is 14.3 Å². The fourth-order valence-electron chi connectivity index (χ4n) is 2.49. The summed E-state index contributed by atoms with van der Waals surface area (Å²) in [6.45, 7) is 4.63. The number of nitrogens with one attached hydrogen (secondary N) is 1. The summed E-state index contributed by atoms with van der Waals surface area (Å²) in [5.41, 5.74) is 4.96. The smallest absolute Gasteiger partial charge is 0.240 e. The predicted molar refractivity (Wildman–Crippen MR) is 68.1 cm³/mol. The largest absolute Gasteiger partial charge is 0.379 e. The first kappa shape index (κ1) is 13.8. The summed E-state index contributed by atoms with van der Waals surface area (Å²) in [5.74, 6) is 0.0567. The Labute approximate surface area is 108 Å². The number of amides is 1. The number of ether oxygens (including phenoxy) is 2. The summed E-state index contributed by atoms with van der Waals surface area (Å²) in [6.07, 6.45) is 4.13. The van der Waals surface area contributed by atoms with Crippen molar-refractivity contribution in [1.29, 1.82) is 0 Å². The molecule has 0 bridgehead atoms. The van der Waals surface area contributed by atoms with Crippen molar-refractivity contribution in [1.82, 2.24) is 5.32 Å². The molecule has 1 heterocycles. The van der Waals surface area contributed by atoms with E-state index in [1.165, 1.54) is 0 Å². The highest BCUT2D eigenvalue weighted by atomic mass is 16.5. The summed E-state index contributed by atoms with van der Waals surface area (Å²) in [7, 11) is 0. The van der Waals surface area contributed by atoms with Crippen LogP contribution in [-0.4, -0.2) is 43.9 Å². The van der Waals surface area contributed by atoms with E-state index in [1.807, 2.05) is 0 Å². The highest BCUT2D eigenvalue weighted by Gasteiger charge is 2.50. The molecule has 5 heteroatoms. The van der Waals surface area contributed by atoms with E-state index in [9.17, 15) is 4.79 Å². The fraction of sp³-hybridized carbons (Fsp3) is 0.923. The monoisotopic (exact) mass is 256 g/mol. The van der Waals surface area contributed by atoms with Crippen LogP contribution >= 0.6 is 0 Å². The van der Waals surface area contributed by atoms with Gasteiger partial charge >= 0.3 is 0 Å². The zero-order valence-electron chi connectivity index (χ0n) is 11.1. The molecule has 2 atom stereocenters. The lowest BCUT2D eigenvalue weighted by atomic mass is 9.93. The van der Waals surface area contributed by atoms with Gasteiger partial charge in [-0.2, -0.15) is 0 Å². The minimum Gasteiger partial charge on any atom is -0.379 e. The fourth-order valence-corrected chi connectivity index (χ4v) is 2.49. The van der Waals surface area contributed by atoms with Crippen molar-refractivity contribution in [3.8, 4) is 0 Å². The molecule has 0 spiro atoms. The molecule has 3 N–H and O–H groups in total. The molecule has 2 aliphatic rings. The maximum absolute atomic E-state index is 11.9. The van der Waals surface area contributed by atoms with Gasteiger partial charge in [0, 0.05) is 6.61 Å². The SMILES string of the molecule is CCCNC(COC1CCOC1)(C(N)=O)C1CC1. The predicted octanol–water partition coefficient (Wildman–Crippen LogP) is 0.426. The van der Waals surface area contributed by atoms with Crippen LogP contribution in [0.1, 0.15) is 32.6 Å². The molecule has 1 aliphatic heterocycles. The molecule has 18 heavy (non-hydrogen) atoms. The Bertz CT molecular complexity index is 288. The maximum atomic E-state index is 11.9. The second kappa shape index (κ2) is 5.99. The van der Waals surface area contributed by atoms with Crippen LogP contribution in [0.3, 0.4) is 0 Å². The zero-order chi connectivity index (χ0) is 13.0. The Balaban J connectivity index is 1.95. The van der Waals surface area contributed by atoms with Gasteiger partial charge in [-0.1, -0.05) is 6.92 Å². The first-order chi connectivity index (χ1) is 8.69. The Kier molecular flexibility index (Phi) is 4.59. The van der Waals surface area contributed by atoms with Crippen molar-refractivity contribution in [3.05, 3.63) is 0 Å². The van der Waals surface area contributed by atoms with Crippen molar-refractivity contribution in [2.24, 2.45) is 11.7 Å². The molecule has 0 aromatic heterocycles. The van der Waals surface area contributed by atoms with Crippen molar-refractivity contribution in [3.63, 3.8) is 0 Å². The van der Waals surface area contributed by atoms with E-state index in [1.54, 1.807) is 0 Å². The molecule has 1 saturated heterocycles. The molecule has 0 radical (unpaired) electrons. The number of rotatable bonds is 8. The van der Waals surface area contributed by atoms with Crippen molar-refractivity contribution in [2.75, 3.05) is 26.4 Å². The number of carbonyl (C=O) groups is 1. The summed E-state index contributed by atoms with van der Waals surface area (Å²) in [4.78, 5) is 11.9. The minimum absolute atomic E-state index is 0.117. The lowest BCUT2D eigenvalue weighted by molar-refractivity contribution is -0.129. The number of hydrogen-bond donors (Lipinski definition) is 2. The summed E-state index contributed by atoms with van der Waals surface area (Å²) in [5, 5.41) is 3.33. The highest BCUT2D eigenvalue weighted by molar-refractivity contribution is 5.85. The molecule has 0 aromatic rings. The average molecular weight is 256 g/mol. The molecule has 5 nitrogen and oxygen atoms in total. The maximum Gasteiger partial charge on any atom is 0.240 e. The normalized spacial score (nSPS) is 27.1. The van der Waals surface area contributed by atoms with Gasteiger partial charge in [-0.25, -0.2) is 0 Å². The minimum atomic E-state index is -0.668. The van der Waals surface area contributed by atoms with E-state index in [0.717, 1.165) is 38.8 Å². The van der Waals surface area contributed by atoms with Crippen LogP contribution in [-0.2, 0) is 14.3 Å². The van der Waals surface area contributed by atoms with Crippen molar-refractivity contribution >= 4 is 5.91 Å². The second-order valence-electron chi connectivity index (χ2n) is 5.33. The number of hydrogen-bond acceptors (Lipinski definition) is 4. The van der Waals surface area contributed by atoms with Crippen LogP contribution in [0.2, 0.25) is 0 Å². The third-order valence-electron chi connectivity index (χ3n) is 3.84. The van der Waals surface area contributed by atoms with E-state index in [0.29, 0.717) is 19.1 Å². The summed E-state index contributed by atoms with van der Waals surface area (Å²) < 4.78 is 11.1. The van der Waals surface area contributed by atoms with Crippen LogP contribution in [0.25, 0.3) is 0 Å². The molecule has 0 aromatic carbocycles. The van der Waals surface area contributed by atoms with Crippen molar-refractivity contribution in [2.45, 2.75) is 44.2 Å². The van der Waals surface area contributed by atoms with Gasteiger partial charge in [-0.15, -0.1) is 0 Å². The van der Waals surface area contributed by atoms with E-state index in [4.69, 9.17) is 15.2 Å². The Hall–Kier alpha value is -0.650. The van der Waals surface area contributed by atoms with Crippen LogP contribution in [0.15, 0.2) is 0 Å². The first-order valence-electron chi connectivity index (χ1n) is 6.93. The Morgan fingerprint density at radius 2 is 2.28 bits per heavy atom. The second-order valence-corrected chi connectivity index (χ2v) is 5.33. The summed E-state index contributed by atoms with van der Waals surface area (Å²) >= 11 is 0. The zero-order valence-corrected chi connectivity index (χ0v) is 11.1. The number of primary amides is 1. The summed E-state index contributed by atoms with van der Waals surface area (Å²) in [6, 6.07) is 0. The van der Waals surface area contributed by atoms with Gasteiger partial charge in [-0.3, -0.25) is 4.79 Å². The van der Waals surface area contributed by atoms with Crippen LogP contribution < -0.4 is 11.1 Å². The molecule has 104 valence electrons. The molecule has 1 aliphatic carbocycles. The first-order valence-corrected chi connectivity index (χ1v) is 6.93. The molecule has 2 unspecified atom stereocenters. The van der Waals surface area contributed by atoms with Gasteiger partial charge in [0.25, 0.3) is 0 Å². The van der Waals surface area contributed by atoms with E-state index >= 15 is 0 Å². The van der Waals surface area contributed by atoms with Gasteiger partial charge in [-0.05, 0) is 38.1 Å². The Morgan fingerprint density at radius 3 is 2.78 bits per heavy atom. The molecule has 1 amide bonds. The van der Waals surface area contributed by atoms with Gasteiger partial charge in [0.1, 0.15) is 5.54 Å². The highest BCUT2D eigenvalue weighted by Crippen LogP contribution is 2.40. The molecular weight excluding hydrogens is 232 g/mol. The molecular formula is C13H24N2O3. The van der Waals surface area contributed by atoms with Gasteiger partial charge in [0.15, 0.2) is 0 Å². The number of carbonyl (C=O) groups excluding carboxylic acids is 1. The van der Waals surface area contributed by atoms with Gasteiger partial charge in [0.2, 0.25) is 5.91 Å².